The van der Waals surface area contributed by atoms with E-state index in [0.29, 0.717) is 0 Å². The van der Waals surface area contributed by atoms with Crippen molar-refractivity contribution in [3.63, 3.8) is 0 Å². The van der Waals surface area contributed by atoms with Gasteiger partial charge in [0.05, 0.1) is 25.6 Å². The smallest absolute Gasteiger partial charge is 0.145 e. The molecule has 2 aromatic carbocycles. The lowest BCUT2D eigenvalue weighted by molar-refractivity contribution is 0.419. The molecule has 0 fully saturated rings. The summed E-state index contributed by atoms with van der Waals surface area (Å²) in [7, 11) is 3.32. The van der Waals surface area contributed by atoms with Crippen LogP contribution in [0.3, 0.4) is 0 Å². The first-order valence-corrected chi connectivity index (χ1v) is 8.34. The van der Waals surface area contributed by atoms with E-state index in [2.05, 4.69) is 0 Å². The highest BCUT2D eigenvalue weighted by Gasteiger charge is 2.04. The molecule has 26 heavy (non-hydrogen) atoms. The Morgan fingerprint density at radius 1 is 0.615 bits per heavy atom. The summed E-state index contributed by atoms with van der Waals surface area (Å²) in [5, 5.41) is 2.10. The minimum Gasteiger partial charge on any atom is -0.494 e. The molecule has 0 atom stereocenters. The molecule has 0 aliphatic rings. The number of rotatable bonds is 4. The molecule has 2 aromatic heterocycles. The van der Waals surface area contributed by atoms with Gasteiger partial charge in [0, 0.05) is 10.8 Å². The van der Waals surface area contributed by atoms with E-state index in [1.165, 1.54) is 0 Å². The number of hydrogen-bond donors (Lipinski definition) is 0. The number of aromatic nitrogens is 2. The first kappa shape index (κ1) is 16.1. The van der Waals surface area contributed by atoms with Gasteiger partial charge in [-0.25, -0.2) is 9.97 Å². The molecule has 0 aliphatic carbocycles. The Balaban J connectivity index is 1.72. The van der Waals surface area contributed by atoms with E-state index in [-0.39, 0.29) is 0 Å². The highest BCUT2D eigenvalue weighted by Crippen LogP contribution is 2.25. The number of ether oxygens (including phenoxy) is 2. The first-order chi connectivity index (χ1) is 12.8. The number of fused-ring (bicyclic) bond motifs is 2. The predicted molar refractivity (Wildman–Crippen MR) is 106 cm³/mol. The van der Waals surface area contributed by atoms with Crippen LogP contribution < -0.4 is 9.47 Å². The normalized spacial score (nSPS) is 11.3. The van der Waals surface area contributed by atoms with Crippen molar-refractivity contribution in [3.8, 4) is 11.5 Å². The van der Waals surface area contributed by atoms with Crippen molar-refractivity contribution in [2.75, 3.05) is 14.2 Å². The topological polar surface area (TPSA) is 44.2 Å². The minimum atomic E-state index is 0.770. The SMILES string of the molecule is COc1cccc2ccc(/C=C/c3ccc4cccc(OC)c4n3)nc12. The molecule has 0 N–H and O–H groups in total. The molecule has 0 saturated heterocycles. The van der Waals surface area contributed by atoms with Crippen LogP contribution >= 0.6 is 0 Å². The lowest BCUT2D eigenvalue weighted by Gasteiger charge is -2.06. The van der Waals surface area contributed by atoms with Gasteiger partial charge in [-0.15, -0.1) is 0 Å². The van der Waals surface area contributed by atoms with Gasteiger partial charge in [-0.2, -0.15) is 0 Å². The molecule has 0 unspecified atom stereocenters. The van der Waals surface area contributed by atoms with Crippen LogP contribution in [-0.2, 0) is 0 Å². The number of nitrogens with zero attached hydrogens (tertiary/aromatic N) is 2. The molecule has 4 rings (SSSR count). The van der Waals surface area contributed by atoms with Crippen LogP contribution in [0.25, 0.3) is 34.0 Å². The van der Waals surface area contributed by atoms with Crippen molar-refractivity contribution in [1.82, 2.24) is 9.97 Å². The third-order valence-electron chi connectivity index (χ3n) is 4.27. The Morgan fingerprint density at radius 2 is 1.08 bits per heavy atom. The molecular weight excluding hydrogens is 324 g/mol. The van der Waals surface area contributed by atoms with E-state index in [1.54, 1.807) is 14.2 Å². The zero-order chi connectivity index (χ0) is 17.9. The highest BCUT2D eigenvalue weighted by molar-refractivity contribution is 5.87. The minimum absolute atomic E-state index is 0.770. The molecule has 0 saturated carbocycles. The van der Waals surface area contributed by atoms with Crippen molar-refractivity contribution >= 4 is 34.0 Å². The van der Waals surface area contributed by atoms with Gasteiger partial charge in [0.25, 0.3) is 0 Å². The van der Waals surface area contributed by atoms with Gasteiger partial charge in [0.15, 0.2) is 0 Å². The number of para-hydroxylation sites is 2. The van der Waals surface area contributed by atoms with Gasteiger partial charge in [-0.05, 0) is 36.4 Å². The molecule has 0 bridgehead atoms. The van der Waals surface area contributed by atoms with Gasteiger partial charge < -0.3 is 9.47 Å². The second-order valence-corrected chi connectivity index (χ2v) is 5.87. The second kappa shape index (κ2) is 6.84. The molecule has 4 heteroatoms. The van der Waals surface area contributed by atoms with E-state index >= 15 is 0 Å². The van der Waals surface area contributed by atoms with Crippen LogP contribution in [0.1, 0.15) is 11.4 Å². The monoisotopic (exact) mass is 342 g/mol. The number of pyridine rings is 2. The Kier molecular flexibility index (Phi) is 4.23. The molecule has 2 heterocycles. The quantitative estimate of drug-likeness (QED) is 0.525. The maximum absolute atomic E-state index is 5.41. The molecule has 0 spiro atoms. The van der Waals surface area contributed by atoms with E-state index < -0.39 is 0 Å². The van der Waals surface area contributed by atoms with Gasteiger partial charge in [-0.1, -0.05) is 36.4 Å². The van der Waals surface area contributed by atoms with Gasteiger partial charge in [-0.3, -0.25) is 0 Å². The fraction of sp³-hybridized carbons (Fsp3) is 0.0909. The van der Waals surface area contributed by atoms with Crippen LogP contribution in [0.5, 0.6) is 11.5 Å². The van der Waals surface area contributed by atoms with Gasteiger partial charge >= 0.3 is 0 Å². The average molecular weight is 342 g/mol. The Morgan fingerprint density at radius 3 is 1.50 bits per heavy atom. The number of hydrogen-bond acceptors (Lipinski definition) is 4. The van der Waals surface area contributed by atoms with Crippen LogP contribution in [0, 0.1) is 0 Å². The lowest BCUT2D eigenvalue weighted by Crippen LogP contribution is -1.90. The van der Waals surface area contributed by atoms with Crippen molar-refractivity contribution in [1.29, 1.82) is 0 Å². The molecule has 128 valence electrons. The van der Waals surface area contributed by atoms with Gasteiger partial charge in [0.2, 0.25) is 0 Å². The zero-order valence-corrected chi connectivity index (χ0v) is 14.6. The lowest BCUT2D eigenvalue weighted by atomic mass is 10.1. The van der Waals surface area contributed by atoms with Gasteiger partial charge in [0.1, 0.15) is 22.5 Å². The Labute approximate surface area is 151 Å². The maximum Gasteiger partial charge on any atom is 0.145 e. The standard InChI is InChI=1S/C22H18N2O2/c1-25-19-7-3-5-15-9-11-17(23-21(15)19)13-14-18-12-10-16-6-4-8-20(26-2)22(16)24-18/h3-14H,1-2H3/b14-13+. The maximum atomic E-state index is 5.41. The van der Waals surface area contributed by atoms with E-state index in [9.17, 15) is 0 Å². The summed E-state index contributed by atoms with van der Waals surface area (Å²) in [6.45, 7) is 0. The van der Waals surface area contributed by atoms with Crippen LogP contribution in [0.15, 0.2) is 60.7 Å². The third-order valence-corrected chi connectivity index (χ3v) is 4.27. The predicted octanol–water partition coefficient (Wildman–Crippen LogP) is 4.97. The Hall–Kier alpha value is -3.40. The fourth-order valence-electron chi connectivity index (χ4n) is 2.96. The summed E-state index contributed by atoms with van der Waals surface area (Å²) in [6, 6.07) is 19.9. The molecular formula is C22H18N2O2. The molecule has 0 aliphatic heterocycles. The molecule has 0 radical (unpaired) electrons. The fourth-order valence-corrected chi connectivity index (χ4v) is 2.96. The molecule has 4 aromatic rings. The summed E-state index contributed by atoms with van der Waals surface area (Å²) in [4.78, 5) is 9.39. The summed E-state index contributed by atoms with van der Waals surface area (Å²) in [5.41, 5.74) is 3.41. The second-order valence-electron chi connectivity index (χ2n) is 5.87. The van der Waals surface area contributed by atoms with Crippen molar-refractivity contribution in [3.05, 3.63) is 72.1 Å². The largest absolute Gasteiger partial charge is 0.494 e. The van der Waals surface area contributed by atoms with Crippen LogP contribution in [0.2, 0.25) is 0 Å². The average Bonchev–Trinajstić information content (AvgIpc) is 2.71. The Bertz CT molecular complexity index is 1030. The first-order valence-electron chi connectivity index (χ1n) is 8.34. The van der Waals surface area contributed by atoms with E-state index in [0.717, 1.165) is 44.7 Å². The third kappa shape index (κ3) is 2.97. The number of benzene rings is 2. The summed E-state index contributed by atoms with van der Waals surface area (Å²) < 4.78 is 10.8. The highest BCUT2D eigenvalue weighted by atomic mass is 16.5. The van der Waals surface area contributed by atoms with E-state index in [4.69, 9.17) is 19.4 Å². The molecule has 4 nitrogen and oxygen atoms in total. The summed E-state index contributed by atoms with van der Waals surface area (Å²) in [6.07, 6.45) is 3.91. The summed E-state index contributed by atoms with van der Waals surface area (Å²) >= 11 is 0. The van der Waals surface area contributed by atoms with Crippen molar-refractivity contribution < 1.29 is 9.47 Å². The number of methoxy groups -OCH3 is 2. The molecule has 0 amide bonds. The van der Waals surface area contributed by atoms with E-state index in [1.807, 2.05) is 72.8 Å². The van der Waals surface area contributed by atoms with Crippen molar-refractivity contribution in [2.45, 2.75) is 0 Å². The van der Waals surface area contributed by atoms with Crippen LogP contribution in [-0.4, -0.2) is 24.2 Å². The summed E-state index contributed by atoms with van der Waals surface area (Å²) in [5.74, 6) is 1.54. The zero-order valence-electron chi connectivity index (χ0n) is 14.6. The van der Waals surface area contributed by atoms with Crippen molar-refractivity contribution in [2.24, 2.45) is 0 Å². The van der Waals surface area contributed by atoms with Crippen LogP contribution in [0.4, 0.5) is 0 Å².